The predicted octanol–water partition coefficient (Wildman–Crippen LogP) is 2.79. The van der Waals surface area contributed by atoms with Crippen LogP contribution in [0, 0.1) is 0 Å². The average Bonchev–Trinajstić information content (AvgIpc) is 2.76. The maximum atomic E-state index is 11.3. The molecule has 1 rings (SSSR count). The number of aryl methyl sites for hydroxylation is 1. The van der Waals surface area contributed by atoms with Crippen molar-refractivity contribution in [2.75, 3.05) is 18.6 Å². The first-order chi connectivity index (χ1) is 8.48. The van der Waals surface area contributed by atoms with Crippen molar-refractivity contribution in [1.29, 1.82) is 0 Å². The summed E-state index contributed by atoms with van der Waals surface area (Å²) in [7, 11) is -2.89. The molecule has 0 amide bonds. The maximum absolute atomic E-state index is 11.3. The molecule has 0 spiro atoms. The largest absolute Gasteiger partial charge is 0.309 e. The SMILES string of the molecule is CCCNC(CCS(C)(=O)=O)c1sccc1CC. The molecule has 104 valence electrons. The van der Waals surface area contributed by atoms with Crippen molar-refractivity contribution in [3.8, 4) is 0 Å². The number of sulfone groups is 1. The van der Waals surface area contributed by atoms with Gasteiger partial charge in [-0.25, -0.2) is 8.42 Å². The lowest BCUT2D eigenvalue weighted by molar-refractivity contribution is 0.517. The van der Waals surface area contributed by atoms with Crippen LogP contribution in [0.2, 0.25) is 0 Å². The lowest BCUT2D eigenvalue weighted by Crippen LogP contribution is -2.24. The topological polar surface area (TPSA) is 46.2 Å². The molecule has 0 radical (unpaired) electrons. The number of thiophene rings is 1. The normalized spacial score (nSPS) is 13.7. The van der Waals surface area contributed by atoms with E-state index in [0.29, 0.717) is 6.42 Å². The summed E-state index contributed by atoms with van der Waals surface area (Å²) in [5.41, 5.74) is 1.34. The van der Waals surface area contributed by atoms with Gasteiger partial charge in [0.2, 0.25) is 0 Å². The molecule has 1 aromatic rings. The molecule has 1 N–H and O–H groups in total. The van der Waals surface area contributed by atoms with E-state index in [1.165, 1.54) is 16.7 Å². The van der Waals surface area contributed by atoms with Crippen molar-refractivity contribution >= 4 is 21.2 Å². The minimum absolute atomic E-state index is 0.176. The van der Waals surface area contributed by atoms with E-state index >= 15 is 0 Å². The first-order valence-corrected chi connectivity index (χ1v) is 9.39. The van der Waals surface area contributed by atoms with Gasteiger partial charge < -0.3 is 5.32 Å². The molecule has 1 unspecified atom stereocenters. The molecule has 0 fully saturated rings. The van der Waals surface area contributed by atoms with Gasteiger partial charge in [-0.1, -0.05) is 13.8 Å². The van der Waals surface area contributed by atoms with Gasteiger partial charge in [-0.15, -0.1) is 11.3 Å². The zero-order valence-corrected chi connectivity index (χ0v) is 13.0. The van der Waals surface area contributed by atoms with Crippen molar-refractivity contribution in [3.05, 3.63) is 21.9 Å². The summed E-state index contributed by atoms with van der Waals surface area (Å²) in [5.74, 6) is 0.245. The lowest BCUT2D eigenvalue weighted by atomic mass is 10.1. The third kappa shape index (κ3) is 5.08. The van der Waals surface area contributed by atoms with E-state index in [9.17, 15) is 8.42 Å². The van der Waals surface area contributed by atoms with Gasteiger partial charge in [0.15, 0.2) is 0 Å². The van der Waals surface area contributed by atoms with Crippen LogP contribution in [0.3, 0.4) is 0 Å². The average molecular weight is 289 g/mol. The molecule has 0 aromatic carbocycles. The summed E-state index contributed by atoms with van der Waals surface area (Å²) < 4.78 is 22.6. The Morgan fingerprint density at radius 2 is 2.11 bits per heavy atom. The smallest absolute Gasteiger partial charge is 0.147 e. The fraction of sp³-hybridized carbons (Fsp3) is 0.692. The Balaban J connectivity index is 2.77. The molecule has 5 heteroatoms. The summed E-state index contributed by atoms with van der Waals surface area (Å²) in [5, 5.41) is 5.56. The van der Waals surface area contributed by atoms with E-state index in [-0.39, 0.29) is 11.8 Å². The van der Waals surface area contributed by atoms with Crippen molar-refractivity contribution < 1.29 is 8.42 Å². The van der Waals surface area contributed by atoms with Gasteiger partial charge in [0.05, 0.1) is 5.75 Å². The molecule has 0 aliphatic carbocycles. The molecule has 0 aliphatic heterocycles. The summed E-state index contributed by atoms with van der Waals surface area (Å²) >= 11 is 1.73. The fourth-order valence-corrected chi connectivity index (χ4v) is 3.69. The fourth-order valence-electron chi connectivity index (χ4n) is 1.92. The van der Waals surface area contributed by atoms with Crippen molar-refractivity contribution in [2.45, 2.75) is 39.2 Å². The second-order valence-electron chi connectivity index (χ2n) is 4.59. The van der Waals surface area contributed by atoms with E-state index in [4.69, 9.17) is 0 Å². The molecule has 1 aromatic heterocycles. The van der Waals surface area contributed by atoms with E-state index in [2.05, 4.69) is 30.6 Å². The summed E-state index contributed by atoms with van der Waals surface area (Å²) in [6.07, 6.45) is 4.02. The van der Waals surface area contributed by atoms with Crippen LogP contribution < -0.4 is 5.32 Å². The summed E-state index contributed by atoms with van der Waals surface area (Å²) in [4.78, 5) is 1.30. The number of rotatable bonds is 8. The maximum Gasteiger partial charge on any atom is 0.147 e. The number of hydrogen-bond acceptors (Lipinski definition) is 4. The minimum Gasteiger partial charge on any atom is -0.309 e. The number of hydrogen-bond donors (Lipinski definition) is 1. The van der Waals surface area contributed by atoms with Gasteiger partial charge in [0, 0.05) is 17.2 Å². The number of nitrogens with one attached hydrogen (secondary N) is 1. The Kier molecular flexibility index (Phi) is 6.32. The molecule has 0 saturated carbocycles. The third-order valence-corrected chi connectivity index (χ3v) is 4.95. The van der Waals surface area contributed by atoms with E-state index in [1.54, 1.807) is 11.3 Å². The van der Waals surface area contributed by atoms with Crippen LogP contribution in [0.15, 0.2) is 11.4 Å². The van der Waals surface area contributed by atoms with Crippen LogP contribution in [0.5, 0.6) is 0 Å². The van der Waals surface area contributed by atoms with Gasteiger partial charge in [-0.2, -0.15) is 0 Å². The molecule has 18 heavy (non-hydrogen) atoms. The molecule has 0 aliphatic rings. The van der Waals surface area contributed by atoms with Gasteiger partial charge in [-0.05, 0) is 42.8 Å². The Hall–Kier alpha value is -0.390. The molecule has 3 nitrogen and oxygen atoms in total. The zero-order valence-electron chi connectivity index (χ0n) is 11.4. The standard InChI is InChI=1S/C13H23NO2S2/c1-4-8-14-12(7-10-18(3,15)16)13-11(5-2)6-9-17-13/h6,9,12,14H,4-5,7-8,10H2,1-3H3. The summed E-state index contributed by atoms with van der Waals surface area (Å²) in [6.45, 7) is 5.18. The third-order valence-electron chi connectivity index (χ3n) is 2.90. The van der Waals surface area contributed by atoms with Crippen LogP contribution in [-0.2, 0) is 16.3 Å². The van der Waals surface area contributed by atoms with Crippen LogP contribution in [0.1, 0.15) is 43.2 Å². The quantitative estimate of drug-likeness (QED) is 0.800. The van der Waals surface area contributed by atoms with Crippen molar-refractivity contribution in [3.63, 3.8) is 0 Å². The summed E-state index contributed by atoms with van der Waals surface area (Å²) in [6, 6.07) is 2.32. The Labute approximate surface area is 115 Å². The molecule has 1 heterocycles. The minimum atomic E-state index is -2.89. The van der Waals surface area contributed by atoms with Gasteiger partial charge in [0.25, 0.3) is 0 Å². The monoisotopic (exact) mass is 289 g/mol. The van der Waals surface area contributed by atoms with Crippen LogP contribution in [0.4, 0.5) is 0 Å². The predicted molar refractivity (Wildman–Crippen MR) is 79.1 cm³/mol. The van der Waals surface area contributed by atoms with Crippen molar-refractivity contribution in [1.82, 2.24) is 5.32 Å². The highest BCUT2D eigenvalue weighted by atomic mass is 32.2. The Bertz CT molecular complexity index is 451. The molecule has 0 bridgehead atoms. The lowest BCUT2D eigenvalue weighted by Gasteiger charge is -2.18. The van der Waals surface area contributed by atoms with E-state index in [1.807, 2.05) is 0 Å². The van der Waals surface area contributed by atoms with Crippen LogP contribution in [-0.4, -0.2) is 27.0 Å². The second-order valence-corrected chi connectivity index (χ2v) is 7.80. The van der Waals surface area contributed by atoms with Crippen LogP contribution >= 0.6 is 11.3 Å². The zero-order chi connectivity index (χ0) is 13.6. The highest BCUT2D eigenvalue weighted by molar-refractivity contribution is 7.90. The second kappa shape index (κ2) is 7.26. The van der Waals surface area contributed by atoms with E-state index < -0.39 is 9.84 Å². The van der Waals surface area contributed by atoms with Gasteiger partial charge >= 0.3 is 0 Å². The Morgan fingerprint density at radius 1 is 1.39 bits per heavy atom. The molecular weight excluding hydrogens is 266 g/mol. The van der Waals surface area contributed by atoms with Gasteiger partial charge in [-0.3, -0.25) is 0 Å². The first-order valence-electron chi connectivity index (χ1n) is 6.45. The highest BCUT2D eigenvalue weighted by Gasteiger charge is 2.17. The molecule has 0 saturated heterocycles. The van der Waals surface area contributed by atoms with Crippen LogP contribution in [0.25, 0.3) is 0 Å². The molecular formula is C13H23NO2S2. The van der Waals surface area contributed by atoms with Crippen molar-refractivity contribution in [2.24, 2.45) is 0 Å². The molecule has 1 atom stereocenters. The van der Waals surface area contributed by atoms with Gasteiger partial charge in [0.1, 0.15) is 9.84 Å². The first kappa shape index (κ1) is 15.7. The van der Waals surface area contributed by atoms with E-state index in [0.717, 1.165) is 19.4 Å². The Morgan fingerprint density at radius 3 is 2.67 bits per heavy atom. The highest BCUT2D eigenvalue weighted by Crippen LogP contribution is 2.27.